The van der Waals surface area contributed by atoms with Gasteiger partial charge in [-0.05, 0) is 54.8 Å². The van der Waals surface area contributed by atoms with Gasteiger partial charge in [-0.15, -0.1) is 0 Å². The number of aromatic nitrogens is 3. The maximum absolute atomic E-state index is 13.3. The molecule has 15 heteroatoms. The van der Waals surface area contributed by atoms with E-state index in [4.69, 9.17) is 16.3 Å². The second kappa shape index (κ2) is 12.6. The van der Waals surface area contributed by atoms with E-state index in [-0.39, 0.29) is 34.9 Å². The van der Waals surface area contributed by atoms with Gasteiger partial charge >= 0.3 is 24.0 Å². The molecule has 1 N–H and O–H groups in total. The summed E-state index contributed by atoms with van der Waals surface area (Å²) in [6.45, 7) is 0.276. The smallest absolute Gasteiger partial charge is 0.422 e. The maximum Gasteiger partial charge on any atom is 0.422 e. The number of nitrogens with zero attached hydrogens (tertiary/aromatic N) is 6. The van der Waals surface area contributed by atoms with Crippen LogP contribution in [0.2, 0.25) is 5.02 Å². The number of rotatable bonds is 8. The molecule has 3 aromatic rings. The molecule has 248 valence electrons. The third-order valence-electron chi connectivity index (χ3n) is 8.87. The van der Waals surface area contributed by atoms with Crippen molar-refractivity contribution < 1.29 is 32.3 Å². The summed E-state index contributed by atoms with van der Waals surface area (Å²) in [6, 6.07) is 13.6. The summed E-state index contributed by atoms with van der Waals surface area (Å²) in [5, 5.41) is 3.61. The van der Waals surface area contributed by atoms with E-state index in [9.17, 15) is 27.6 Å². The zero-order valence-corrected chi connectivity index (χ0v) is 26.5. The number of carbonyl (C=O) groups excluding carboxylic acids is 3. The zero-order valence-electron chi connectivity index (χ0n) is 25.8. The van der Waals surface area contributed by atoms with E-state index in [0.29, 0.717) is 48.9 Å². The monoisotopic (exact) mass is 671 g/mol. The standard InChI is InChI=1S/C32H33ClF3N7O4/c1-41(2)27(45)28(46)43-16-20-14-42(15-21(20)17-43)26(44)19-3-9-24(10-4-19)37-29-38-25(39-30(40-29)47-18-32(34,35)36)13-31(11-12-31)22-5-7-23(33)8-6-22/h3-10,20-21H,11-18H2,1-2H3,(H,37,38,39,40). The Bertz CT molecular complexity index is 1650. The van der Waals surface area contributed by atoms with E-state index >= 15 is 0 Å². The first-order valence-corrected chi connectivity index (χ1v) is 15.5. The Labute approximate surface area is 274 Å². The summed E-state index contributed by atoms with van der Waals surface area (Å²) in [7, 11) is 3.08. The van der Waals surface area contributed by atoms with Gasteiger partial charge in [-0.3, -0.25) is 14.4 Å². The van der Waals surface area contributed by atoms with Crippen LogP contribution in [0.15, 0.2) is 48.5 Å². The van der Waals surface area contributed by atoms with Crippen LogP contribution in [-0.2, 0) is 21.4 Å². The lowest BCUT2D eigenvalue weighted by Crippen LogP contribution is -2.43. The van der Waals surface area contributed by atoms with Crippen LogP contribution in [0.3, 0.4) is 0 Å². The van der Waals surface area contributed by atoms with E-state index in [1.165, 1.54) is 19.0 Å². The second-order valence-electron chi connectivity index (χ2n) is 12.6. The number of halogens is 4. The van der Waals surface area contributed by atoms with Gasteiger partial charge in [0.05, 0.1) is 0 Å². The number of hydrogen-bond donors (Lipinski definition) is 1. The van der Waals surface area contributed by atoms with Crippen molar-refractivity contribution in [3.8, 4) is 6.01 Å². The van der Waals surface area contributed by atoms with Crippen molar-refractivity contribution in [3.05, 3.63) is 70.5 Å². The Morgan fingerprint density at radius 1 is 0.936 bits per heavy atom. The first-order valence-electron chi connectivity index (χ1n) is 15.2. The molecule has 0 bridgehead atoms. The molecular formula is C32H33ClF3N7O4. The highest BCUT2D eigenvalue weighted by atomic mass is 35.5. The average Bonchev–Trinajstić information content (AvgIpc) is 3.52. The van der Waals surface area contributed by atoms with Crippen LogP contribution in [0.1, 0.15) is 34.6 Å². The van der Waals surface area contributed by atoms with E-state index in [0.717, 1.165) is 18.4 Å². The van der Waals surface area contributed by atoms with Crippen molar-refractivity contribution in [2.45, 2.75) is 30.9 Å². The highest BCUT2D eigenvalue weighted by molar-refractivity contribution is 6.34. The van der Waals surface area contributed by atoms with Gasteiger partial charge in [-0.1, -0.05) is 23.7 Å². The molecular weight excluding hydrogens is 639 g/mol. The van der Waals surface area contributed by atoms with Crippen molar-refractivity contribution in [1.82, 2.24) is 29.7 Å². The SMILES string of the molecule is CN(C)C(=O)C(=O)N1CC2CN(C(=O)c3ccc(Nc4nc(CC5(c6ccc(Cl)cc6)CC5)nc(OCC(F)(F)F)n4)cc3)CC2C1. The number of likely N-dealkylation sites (tertiary alicyclic amines) is 2. The van der Waals surface area contributed by atoms with Crippen molar-refractivity contribution in [3.63, 3.8) is 0 Å². The number of nitrogens with one attached hydrogen (secondary N) is 1. The van der Waals surface area contributed by atoms with Crippen LogP contribution in [-0.4, -0.2) is 100 Å². The molecule has 1 saturated carbocycles. The van der Waals surface area contributed by atoms with Crippen LogP contribution in [0.4, 0.5) is 24.8 Å². The molecule has 47 heavy (non-hydrogen) atoms. The number of ether oxygens (including phenoxy) is 1. The van der Waals surface area contributed by atoms with E-state index in [1.807, 2.05) is 12.1 Å². The molecule has 6 rings (SSSR count). The van der Waals surface area contributed by atoms with Crippen molar-refractivity contribution in [1.29, 1.82) is 0 Å². The maximum atomic E-state index is 13.3. The molecule has 1 aliphatic carbocycles. The fourth-order valence-corrected chi connectivity index (χ4v) is 6.35. The Morgan fingerprint density at radius 2 is 1.55 bits per heavy atom. The van der Waals surface area contributed by atoms with Gasteiger partial charge in [0.2, 0.25) is 5.95 Å². The number of likely N-dealkylation sites (N-methyl/N-ethyl adjacent to an activating group) is 1. The molecule has 2 aliphatic heterocycles. The highest BCUT2D eigenvalue weighted by Gasteiger charge is 2.46. The normalized spacial score (nSPS) is 19.7. The number of hydrogen-bond acceptors (Lipinski definition) is 8. The van der Waals surface area contributed by atoms with Gasteiger partial charge in [0.15, 0.2) is 6.61 Å². The third-order valence-corrected chi connectivity index (χ3v) is 9.12. The van der Waals surface area contributed by atoms with Gasteiger partial charge in [-0.25, -0.2) is 0 Å². The summed E-state index contributed by atoms with van der Waals surface area (Å²) >= 11 is 6.05. The van der Waals surface area contributed by atoms with Crippen LogP contribution in [0.25, 0.3) is 0 Å². The quantitative estimate of drug-likeness (QED) is 0.356. The van der Waals surface area contributed by atoms with Crippen LogP contribution in [0.5, 0.6) is 6.01 Å². The van der Waals surface area contributed by atoms with Gasteiger partial charge < -0.3 is 24.8 Å². The summed E-state index contributed by atoms with van der Waals surface area (Å²) in [5.41, 5.74) is 1.76. The van der Waals surface area contributed by atoms with Gasteiger partial charge in [-0.2, -0.15) is 28.1 Å². The van der Waals surface area contributed by atoms with E-state index < -0.39 is 30.6 Å². The lowest BCUT2D eigenvalue weighted by atomic mass is 9.92. The van der Waals surface area contributed by atoms with Gasteiger partial charge in [0.25, 0.3) is 5.91 Å². The lowest BCUT2D eigenvalue weighted by Gasteiger charge is -2.22. The Morgan fingerprint density at radius 3 is 2.13 bits per heavy atom. The zero-order chi connectivity index (χ0) is 33.5. The molecule has 0 spiro atoms. The van der Waals surface area contributed by atoms with E-state index in [1.54, 1.807) is 46.2 Å². The molecule has 2 aromatic carbocycles. The predicted octanol–water partition coefficient (Wildman–Crippen LogP) is 4.10. The largest absolute Gasteiger partial charge is 0.454 e. The van der Waals surface area contributed by atoms with Crippen molar-refractivity contribution in [2.75, 3.05) is 52.2 Å². The number of carbonyl (C=O) groups is 3. The summed E-state index contributed by atoms with van der Waals surface area (Å²) in [6.07, 6.45) is -2.47. The number of anilines is 2. The van der Waals surface area contributed by atoms with Gasteiger partial charge in [0, 0.05) is 80.2 Å². The summed E-state index contributed by atoms with van der Waals surface area (Å²) in [4.78, 5) is 55.1. The molecule has 1 aromatic heterocycles. The third kappa shape index (κ3) is 7.42. The van der Waals surface area contributed by atoms with Crippen molar-refractivity contribution >= 4 is 41.0 Å². The Kier molecular flexibility index (Phi) is 8.72. The summed E-state index contributed by atoms with van der Waals surface area (Å²) in [5.74, 6) is -0.754. The predicted molar refractivity (Wildman–Crippen MR) is 165 cm³/mol. The molecule has 3 aliphatic rings. The molecule has 2 saturated heterocycles. The molecule has 3 heterocycles. The minimum atomic E-state index is -4.57. The molecule has 3 fully saturated rings. The summed E-state index contributed by atoms with van der Waals surface area (Å²) < 4.78 is 43.7. The minimum Gasteiger partial charge on any atom is -0.454 e. The number of benzene rings is 2. The molecule has 0 radical (unpaired) electrons. The molecule has 3 amide bonds. The van der Waals surface area contributed by atoms with Crippen LogP contribution in [0, 0.1) is 11.8 Å². The van der Waals surface area contributed by atoms with E-state index in [2.05, 4.69) is 20.3 Å². The second-order valence-corrected chi connectivity index (χ2v) is 13.0. The number of amides is 3. The van der Waals surface area contributed by atoms with Crippen molar-refractivity contribution in [2.24, 2.45) is 11.8 Å². The topological polar surface area (TPSA) is 121 Å². The molecule has 11 nitrogen and oxygen atoms in total. The first kappa shape index (κ1) is 32.5. The minimum absolute atomic E-state index is 0.0115. The fraction of sp³-hybridized carbons (Fsp3) is 0.438. The average molecular weight is 672 g/mol. The molecule has 2 unspecified atom stereocenters. The Hall–Kier alpha value is -4.46. The number of fused-ring (bicyclic) bond motifs is 1. The fourth-order valence-electron chi connectivity index (χ4n) is 6.23. The Balaban J connectivity index is 1.12. The number of alkyl halides is 3. The molecule has 2 atom stereocenters. The van der Waals surface area contributed by atoms with Crippen LogP contribution >= 0.6 is 11.6 Å². The van der Waals surface area contributed by atoms with Gasteiger partial charge in [0.1, 0.15) is 5.82 Å². The first-order chi connectivity index (χ1) is 22.3. The highest BCUT2D eigenvalue weighted by Crippen LogP contribution is 2.50. The lowest BCUT2D eigenvalue weighted by molar-refractivity contribution is -0.154. The van der Waals surface area contributed by atoms with Crippen LogP contribution < -0.4 is 10.1 Å².